The first kappa shape index (κ1) is 31.7. The highest BCUT2D eigenvalue weighted by Gasteiger charge is 2.42. The fourth-order valence-electron chi connectivity index (χ4n) is 6.31. The molecule has 0 spiro atoms. The zero-order chi connectivity index (χ0) is 33.8. The quantitative estimate of drug-likeness (QED) is 0.223. The molecule has 0 unspecified atom stereocenters. The molecule has 1 saturated carbocycles. The summed E-state index contributed by atoms with van der Waals surface area (Å²) in [6.45, 7) is 10.7. The van der Waals surface area contributed by atoms with Gasteiger partial charge in [0.2, 0.25) is 11.8 Å². The van der Waals surface area contributed by atoms with Gasteiger partial charge in [0, 0.05) is 29.5 Å². The van der Waals surface area contributed by atoms with Crippen LogP contribution in [-0.4, -0.2) is 56.4 Å². The fourth-order valence-corrected chi connectivity index (χ4v) is 7.30. The van der Waals surface area contributed by atoms with E-state index in [0.717, 1.165) is 35.2 Å². The van der Waals surface area contributed by atoms with Gasteiger partial charge in [0.25, 0.3) is 15.9 Å². The summed E-state index contributed by atoms with van der Waals surface area (Å²) < 4.78 is 38.1. The lowest BCUT2D eigenvalue weighted by Gasteiger charge is -2.33. The number of ether oxygens (including phenoxy) is 1. The lowest BCUT2D eigenvalue weighted by Crippen LogP contribution is -2.44. The number of nitrogens with zero attached hydrogens (tertiary/aromatic N) is 6. The molecule has 1 aliphatic carbocycles. The van der Waals surface area contributed by atoms with E-state index in [9.17, 15) is 13.2 Å². The van der Waals surface area contributed by atoms with Gasteiger partial charge in [-0.3, -0.25) is 4.79 Å². The summed E-state index contributed by atoms with van der Waals surface area (Å²) in [5.74, 6) is 0.0379. The van der Waals surface area contributed by atoms with Crippen LogP contribution in [0.1, 0.15) is 78.8 Å². The maximum atomic E-state index is 14.5. The van der Waals surface area contributed by atoms with Gasteiger partial charge in [0.1, 0.15) is 6.61 Å². The zero-order valence-electron chi connectivity index (χ0n) is 27.8. The number of amides is 1. The summed E-state index contributed by atoms with van der Waals surface area (Å²) in [6, 6.07) is 17.2. The van der Waals surface area contributed by atoms with Crippen molar-refractivity contribution in [3.63, 3.8) is 0 Å². The number of nitrogens with one attached hydrogen (secondary N) is 1. The van der Waals surface area contributed by atoms with Gasteiger partial charge < -0.3 is 9.64 Å². The average Bonchev–Trinajstić information content (AvgIpc) is 3.61. The van der Waals surface area contributed by atoms with Gasteiger partial charge in [0.05, 0.1) is 34.6 Å². The van der Waals surface area contributed by atoms with Crippen LogP contribution in [0.15, 0.2) is 71.8 Å². The highest BCUT2D eigenvalue weighted by molar-refractivity contribution is 7.92. The Morgan fingerprint density at radius 3 is 2.48 bits per heavy atom. The third kappa shape index (κ3) is 6.36. The summed E-state index contributed by atoms with van der Waals surface area (Å²) in [7, 11) is -4.16. The summed E-state index contributed by atoms with van der Waals surface area (Å²) >= 11 is 0. The van der Waals surface area contributed by atoms with Crippen molar-refractivity contribution in [2.75, 3.05) is 11.3 Å². The summed E-state index contributed by atoms with van der Waals surface area (Å²) in [6.07, 6.45) is 4.66. The molecule has 248 valence electrons. The van der Waals surface area contributed by atoms with Gasteiger partial charge >= 0.3 is 0 Å². The Kier molecular flexibility index (Phi) is 7.93. The molecular formula is C36H39N7O4S. The molecule has 5 aromatic rings. The normalized spacial score (nSPS) is 18.4. The number of anilines is 1. The summed E-state index contributed by atoms with van der Waals surface area (Å²) in [5, 5.41) is 4.63. The molecule has 1 atom stereocenters. The second kappa shape index (κ2) is 12.0. The van der Waals surface area contributed by atoms with Gasteiger partial charge in [-0.1, -0.05) is 45.0 Å². The van der Waals surface area contributed by atoms with Crippen LogP contribution in [0.5, 0.6) is 5.88 Å². The number of aromatic nitrogens is 5. The first-order valence-electron chi connectivity index (χ1n) is 16.2. The largest absolute Gasteiger partial charge is 0.475 e. The molecule has 0 saturated heterocycles. The van der Waals surface area contributed by atoms with E-state index in [4.69, 9.17) is 9.72 Å². The Balaban J connectivity index is 1.35. The van der Waals surface area contributed by atoms with Crippen LogP contribution >= 0.6 is 0 Å². The van der Waals surface area contributed by atoms with Crippen LogP contribution in [-0.2, 0) is 16.6 Å². The monoisotopic (exact) mass is 665 g/mol. The van der Waals surface area contributed by atoms with Gasteiger partial charge in [0.15, 0.2) is 5.65 Å². The van der Waals surface area contributed by atoms with E-state index in [1.165, 1.54) is 12.1 Å². The first-order valence-corrected chi connectivity index (χ1v) is 17.7. The topological polar surface area (TPSA) is 132 Å². The van der Waals surface area contributed by atoms with E-state index in [1.807, 2.05) is 50.4 Å². The van der Waals surface area contributed by atoms with Crippen molar-refractivity contribution in [1.82, 2.24) is 29.5 Å². The van der Waals surface area contributed by atoms with Crippen LogP contribution in [0.4, 0.5) is 5.95 Å². The second-order valence-corrected chi connectivity index (χ2v) is 15.4. The van der Waals surface area contributed by atoms with Crippen molar-refractivity contribution in [2.45, 2.75) is 77.3 Å². The van der Waals surface area contributed by atoms with Crippen molar-refractivity contribution < 1.29 is 17.9 Å². The van der Waals surface area contributed by atoms with E-state index in [-0.39, 0.29) is 58.7 Å². The SMILES string of the molecule is Cc1cccc(C)c1-c1cc2nc(n1)NS(=O)(=O)c1cccc(c1)C(=O)N(Cc1ccn3nc(C(C)C)cc3n1)[C@H](CC1(C)CC1)CO2. The average molecular weight is 666 g/mol. The highest BCUT2D eigenvalue weighted by Crippen LogP contribution is 2.49. The lowest BCUT2D eigenvalue weighted by molar-refractivity contribution is 0.0537. The molecule has 3 aromatic heterocycles. The van der Waals surface area contributed by atoms with Crippen molar-refractivity contribution in [1.29, 1.82) is 0 Å². The fraction of sp³-hybridized carbons (Fsp3) is 0.361. The zero-order valence-corrected chi connectivity index (χ0v) is 28.6. The minimum atomic E-state index is -4.16. The molecule has 1 fully saturated rings. The van der Waals surface area contributed by atoms with Gasteiger partial charge in [-0.05, 0) is 79.8 Å². The molecule has 2 aliphatic rings. The smallest absolute Gasteiger partial charge is 0.264 e. The van der Waals surface area contributed by atoms with Crippen LogP contribution in [0.25, 0.3) is 16.9 Å². The molecule has 1 aliphatic heterocycles. The van der Waals surface area contributed by atoms with E-state index < -0.39 is 10.0 Å². The van der Waals surface area contributed by atoms with Crippen molar-refractivity contribution in [3.8, 4) is 17.1 Å². The van der Waals surface area contributed by atoms with E-state index in [1.54, 1.807) is 27.6 Å². The van der Waals surface area contributed by atoms with E-state index >= 15 is 0 Å². The highest BCUT2D eigenvalue weighted by atomic mass is 32.2. The molecule has 12 heteroatoms. The number of carbonyl (C=O) groups is 1. The van der Waals surface area contributed by atoms with Gasteiger partial charge in [-0.25, -0.2) is 27.6 Å². The predicted molar refractivity (Wildman–Crippen MR) is 182 cm³/mol. The van der Waals surface area contributed by atoms with Gasteiger partial charge in [-0.2, -0.15) is 10.1 Å². The third-order valence-corrected chi connectivity index (χ3v) is 10.7. The third-order valence-electron chi connectivity index (χ3n) is 9.34. The molecular weight excluding hydrogens is 627 g/mol. The number of carbonyl (C=O) groups excluding carboxylic acids is 1. The number of aryl methyl sites for hydroxylation is 2. The van der Waals surface area contributed by atoms with Crippen LogP contribution in [0, 0.1) is 19.3 Å². The lowest BCUT2D eigenvalue weighted by atomic mass is 9.97. The number of rotatable bonds is 6. The molecule has 11 nitrogen and oxygen atoms in total. The molecule has 7 rings (SSSR count). The Morgan fingerprint density at radius 1 is 1.00 bits per heavy atom. The molecule has 4 heterocycles. The van der Waals surface area contributed by atoms with Crippen LogP contribution in [0.2, 0.25) is 0 Å². The molecule has 2 aromatic carbocycles. The second-order valence-electron chi connectivity index (χ2n) is 13.7. The van der Waals surface area contributed by atoms with Crippen molar-refractivity contribution in [2.24, 2.45) is 5.41 Å². The van der Waals surface area contributed by atoms with E-state index in [2.05, 4.69) is 40.6 Å². The summed E-state index contributed by atoms with van der Waals surface area (Å²) in [4.78, 5) is 30.2. The van der Waals surface area contributed by atoms with Crippen molar-refractivity contribution in [3.05, 3.63) is 94.9 Å². The maximum Gasteiger partial charge on any atom is 0.264 e. The minimum absolute atomic E-state index is 0.0580. The van der Waals surface area contributed by atoms with Crippen LogP contribution in [0.3, 0.4) is 0 Å². The maximum absolute atomic E-state index is 14.5. The molecule has 1 amide bonds. The summed E-state index contributed by atoms with van der Waals surface area (Å²) in [5.41, 5.74) is 6.00. The Hall–Kier alpha value is -4.84. The standard InChI is InChI=1S/C36H39N7O4S/c1-22(2)29-17-31-37-26(12-15-43(31)40-29)20-42-27(19-36(5)13-14-36)21-47-32-18-30(33-23(3)8-6-9-24(33)4)38-35(39-32)41-48(45,46)28-11-7-10-25(16-28)34(42)44/h6-12,15-18,22,27H,13-14,19-21H2,1-5H3,(H,38,39,41)/t27-/m1/s1. The first-order chi connectivity index (χ1) is 22.9. The molecule has 0 radical (unpaired) electrons. The Labute approximate surface area is 280 Å². The number of hydrogen-bond donors (Lipinski definition) is 1. The van der Waals surface area contributed by atoms with Crippen molar-refractivity contribution >= 4 is 27.5 Å². The Morgan fingerprint density at radius 2 is 1.75 bits per heavy atom. The molecule has 48 heavy (non-hydrogen) atoms. The Bertz CT molecular complexity index is 2140. The predicted octanol–water partition coefficient (Wildman–Crippen LogP) is 6.32. The molecule has 1 N–H and O–H groups in total. The number of benzene rings is 2. The minimum Gasteiger partial charge on any atom is -0.475 e. The van der Waals surface area contributed by atoms with Crippen LogP contribution < -0.4 is 9.46 Å². The number of fused-ring (bicyclic) bond motifs is 5. The molecule has 4 bridgehead atoms. The van der Waals surface area contributed by atoms with E-state index in [0.29, 0.717) is 23.5 Å². The van der Waals surface area contributed by atoms with Gasteiger partial charge in [-0.15, -0.1) is 0 Å². The number of sulfonamides is 1. The number of hydrogen-bond acceptors (Lipinski definition) is 8.